The Labute approximate surface area is 112 Å². The fourth-order valence-electron chi connectivity index (χ4n) is 2.51. The topological polar surface area (TPSA) is 43.8 Å². The van der Waals surface area contributed by atoms with Gasteiger partial charge in [-0.25, -0.2) is 4.98 Å². The summed E-state index contributed by atoms with van der Waals surface area (Å²) in [6.45, 7) is 2.15. The molecule has 18 heavy (non-hydrogen) atoms. The van der Waals surface area contributed by atoms with Gasteiger partial charge in [0.05, 0.1) is 17.1 Å². The fraction of sp³-hybridized carbons (Fsp3) is 0.500. The number of nitrogens with zero attached hydrogens (tertiary/aromatic N) is 2. The maximum atomic E-state index is 6.26. The normalized spacial score (nSPS) is 17.3. The predicted octanol–water partition coefficient (Wildman–Crippen LogP) is 3.82. The van der Waals surface area contributed by atoms with E-state index in [1.807, 2.05) is 12.1 Å². The van der Waals surface area contributed by atoms with E-state index in [1.165, 1.54) is 18.4 Å². The molecule has 0 saturated heterocycles. The Morgan fingerprint density at radius 3 is 2.94 bits per heavy atom. The average molecular weight is 264 g/mol. The number of benzene rings is 1. The van der Waals surface area contributed by atoms with Crippen LogP contribution in [0.2, 0.25) is 5.02 Å². The number of nitrogens with two attached hydrogens (primary N) is 1. The van der Waals surface area contributed by atoms with Gasteiger partial charge in [-0.05, 0) is 37.5 Å². The number of hydrogen-bond donors (Lipinski definition) is 1. The van der Waals surface area contributed by atoms with Crippen LogP contribution in [-0.4, -0.2) is 9.55 Å². The van der Waals surface area contributed by atoms with Crippen molar-refractivity contribution in [2.24, 2.45) is 5.73 Å². The van der Waals surface area contributed by atoms with E-state index in [9.17, 15) is 0 Å². The van der Waals surface area contributed by atoms with Crippen LogP contribution >= 0.6 is 11.6 Å². The second-order valence-electron chi connectivity index (χ2n) is 5.10. The molecule has 1 saturated carbocycles. The van der Waals surface area contributed by atoms with E-state index in [0.717, 1.165) is 29.2 Å². The zero-order chi connectivity index (χ0) is 12.7. The molecule has 0 aliphatic heterocycles. The van der Waals surface area contributed by atoms with Gasteiger partial charge in [0, 0.05) is 11.1 Å². The molecule has 0 bridgehead atoms. The second kappa shape index (κ2) is 4.56. The van der Waals surface area contributed by atoms with Crippen molar-refractivity contribution < 1.29 is 0 Å². The third-order valence-corrected chi connectivity index (χ3v) is 3.76. The molecule has 1 aromatic heterocycles. The van der Waals surface area contributed by atoms with Gasteiger partial charge in [-0.3, -0.25) is 0 Å². The Balaban J connectivity index is 2.14. The zero-order valence-corrected chi connectivity index (χ0v) is 11.3. The Bertz CT molecular complexity index is 572. The van der Waals surface area contributed by atoms with Gasteiger partial charge in [-0.1, -0.05) is 24.9 Å². The summed E-state index contributed by atoms with van der Waals surface area (Å²) in [7, 11) is 0. The molecular weight excluding hydrogens is 246 g/mol. The van der Waals surface area contributed by atoms with Crippen molar-refractivity contribution in [1.29, 1.82) is 0 Å². The van der Waals surface area contributed by atoms with Crippen molar-refractivity contribution in [1.82, 2.24) is 9.55 Å². The zero-order valence-electron chi connectivity index (χ0n) is 10.6. The van der Waals surface area contributed by atoms with E-state index in [0.29, 0.717) is 6.04 Å². The lowest BCUT2D eigenvalue weighted by molar-refractivity contribution is 0.561. The maximum absolute atomic E-state index is 6.26. The largest absolute Gasteiger partial charge is 0.324 e. The van der Waals surface area contributed by atoms with Gasteiger partial charge < -0.3 is 10.3 Å². The van der Waals surface area contributed by atoms with Crippen molar-refractivity contribution in [3.63, 3.8) is 0 Å². The molecule has 2 aromatic rings. The number of halogens is 1. The van der Waals surface area contributed by atoms with E-state index in [1.54, 1.807) is 0 Å². The molecule has 0 amide bonds. The first kappa shape index (κ1) is 12.0. The Kier molecular flexibility index (Phi) is 3.04. The van der Waals surface area contributed by atoms with Crippen LogP contribution in [0.15, 0.2) is 18.2 Å². The molecule has 0 spiro atoms. The number of fused-ring (bicyclic) bond motifs is 1. The minimum atomic E-state index is 0.0294. The van der Waals surface area contributed by atoms with E-state index in [-0.39, 0.29) is 6.04 Å². The van der Waals surface area contributed by atoms with Crippen molar-refractivity contribution in [3.05, 3.63) is 29.0 Å². The molecule has 1 unspecified atom stereocenters. The van der Waals surface area contributed by atoms with Crippen LogP contribution in [0.3, 0.4) is 0 Å². The van der Waals surface area contributed by atoms with Crippen molar-refractivity contribution in [2.45, 2.75) is 44.7 Å². The highest BCUT2D eigenvalue weighted by molar-refractivity contribution is 6.31. The molecule has 4 heteroatoms. The van der Waals surface area contributed by atoms with Crippen LogP contribution < -0.4 is 5.73 Å². The molecule has 1 aromatic carbocycles. The third-order valence-electron chi connectivity index (χ3n) is 3.52. The summed E-state index contributed by atoms with van der Waals surface area (Å²) in [6.07, 6.45) is 4.53. The lowest BCUT2D eigenvalue weighted by atomic mass is 10.1. The number of hydrogen-bond acceptors (Lipinski definition) is 2. The van der Waals surface area contributed by atoms with Crippen molar-refractivity contribution in [3.8, 4) is 0 Å². The van der Waals surface area contributed by atoms with E-state index < -0.39 is 0 Å². The molecule has 0 radical (unpaired) electrons. The Hall–Kier alpha value is -1.06. The molecule has 3 nitrogen and oxygen atoms in total. The highest BCUT2D eigenvalue weighted by atomic mass is 35.5. The summed E-state index contributed by atoms with van der Waals surface area (Å²) >= 11 is 6.04. The van der Waals surface area contributed by atoms with Gasteiger partial charge in [0.15, 0.2) is 0 Å². The molecule has 1 heterocycles. The van der Waals surface area contributed by atoms with Crippen LogP contribution in [0.1, 0.15) is 50.5 Å². The van der Waals surface area contributed by atoms with Crippen LogP contribution in [0.4, 0.5) is 0 Å². The van der Waals surface area contributed by atoms with Crippen molar-refractivity contribution in [2.75, 3.05) is 0 Å². The Morgan fingerprint density at radius 2 is 2.28 bits per heavy atom. The predicted molar refractivity (Wildman–Crippen MR) is 74.9 cm³/mol. The van der Waals surface area contributed by atoms with Crippen LogP contribution in [0, 0.1) is 0 Å². The number of rotatable bonds is 4. The first-order valence-electron chi connectivity index (χ1n) is 6.63. The molecule has 1 fully saturated rings. The summed E-state index contributed by atoms with van der Waals surface area (Å²) in [6, 6.07) is 6.54. The SMILES string of the molecule is CCCC(N)c1nc2cc(Cl)ccc2n1C1CC1. The summed E-state index contributed by atoms with van der Waals surface area (Å²) < 4.78 is 2.33. The quantitative estimate of drug-likeness (QED) is 0.911. The molecular formula is C14H18ClN3. The molecule has 2 N–H and O–H groups in total. The number of imidazole rings is 1. The van der Waals surface area contributed by atoms with E-state index in [2.05, 4.69) is 17.6 Å². The van der Waals surface area contributed by atoms with E-state index >= 15 is 0 Å². The molecule has 3 rings (SSSR count). The summed E-state index contributed by atoms with van der Waals surface area (Å²) in [5.74, 6) is 1.02. The maximum Gasteiger partial charge on any atom is 0.127 e. The second-order valence-corrected chi connectivity index (χ2v) is 5.54. The lowest BCUT2D eigenvalue weighted by Crippen LogP contribution is -2.16. The van der Waals surface area contributed by atoms with Crippen LogP contribution in [0.25, 0.3) is 11.0 Å². The summed E-state index contributed by atoms with van der Waals surface area (Å²) in [5, 5.41) is 0.735. The molecule has 96 valence electrons. The van der Waals surface area contributed by atoms with Crippen molar-refractivity contribution >= 4 is 22.6 Å². The molecule has 1 aliphatic carbocycles. The smallest absolute Gasteiger partial charge is 0.127 e. The van der Waals surface area contributed by atoms with Crippen LogP contribution in [-0.2, 0) is 0 Å². The van der Waals surface area contributed by atoms with Gasteiger partial charge in [0.1, 0.15) is 5.82 Å². The highest BCUT2D eigenvalue weighted by Crippen LogP contribution is 2.40. The van der Waals surface area contributed by atoms with Gasteiger partial charge in [0.25, 0.3) is 0 Å². The first-order valence-corrected chi connectivity index (χ1v) is 7.01. The highest BCUT2D eigenvalue weighted by Gasteiger charge is 2.29. The minimum Gasteiger partial charge on any atom is -0.324 e. The Morgan fingerprint density at radius 1 is 1.50 bits per heavy atom. The molecule has 1 atom stereocenters. The summed E-state index contributed by atoms with van der Waals surface area (Å²) in [4.78, 5) is 4.71. The van der Waals surface area contributed by atoms with Crippen LogP contribution in [0.5, 0.6) is 0 Å². The fourth-order valence-corrected chi connectivity index (χ4v) is 2.68. The molecule has 1 aliphatic rings. The van der Waals surface area contributed by atoms with Gasteiger partial charge in [-0.2, -0.15) is 0 Å². The minimum absolute atomic E-state index is 0.0294. The average Bonchev–Trinajstić information content (AvgIpc) is 3.10. The van der Waals surface area contributed by atoms with Gasteiger partial charge in [-0.15, -0.1) is 0 Å². The first-order chi connectivity index (χ1) is 8.70. The standard InChI is InChI=1S/C14H18ClN3/c1-2-3-11(16)14-17-12-8-9(15)4-7-13(12)18(14)10-5-6-10/h4,7-8,10-11H,2-3,5-6,16H2,1H3. The summed E-state index contributed by atoms with van der Waals surface area (Å²) in [5.41, 5.74) is 8.40. The van der Waals surface area contributed by atoms with Gasteiger partial charge in [0.2, 0.25) is 0 Å². The van der Waals surface area contributed by atoms with Gasteiger partial charge >= 0.3 is 0 Å². The van der Waals surface area contributed by atoms with E-state index in [4.69, 9.17) is 22.3 Å². The monoisotopic (exact) mass is 263 g/mol. The lowest BCUT2D eigenvalue weighted by Gasteiger charge is -2.13. The third kappa shape index (κ3) is 2.02. The number of aromatic nitrogens is 2.